The SMILES string of the molecule is O=C1COCC(=O)N1C1(CO)CCC1. The van der Waals surface area contributed by atoms with Crippen LogP contribution in [0.3, 0.4) is 0 Å². The largest absolute Gasteiger partial charge is 0.394 e. The Bertz CT molecular complexity index is 250. The van der Waals surface area contributed by atoms with Gasteiger partial charge >= 0.3 is 0 Å². The van der Waals surface area contributed by atoms with Crippen LogP contribution in [-0.2, 0) is 14.3 Å². The number of rotatable bonds is 2. The standard InChI is InChI=1S/C9H13NO4/c11-6-9(2-1-3-9)10-7(12)4-14-5-8(10)13/h11H,1-6H2. The minimum absolute atomic E-state index is 0.0481. The summed E-state index contributed by atoms with van der Waals surface area (Å²) in [6, 6.07) is 0. The number of morpholine rings is 1. The fourth-order valence-electron chi connectivity index (χ4n) is 2.06. The zero-order chi connectivity index (χ0) is 10.2. The minimum Gasteiger partial charge on any atom is -0.394 e. The Kier molecular flexibility index (Phi) is 2.28. The fraction of sp³-hybridized carbons (Fsp3) is 0.778. The van der Waals surface area contributed by atoms with E-state index < -0.39 is 5.54 Å². The van der Waals surface area contributed by atoms with Crippen LogP contribution in [-0.4, -0.2) is 47.2 Å². The van der Waals surface area contributed by atoms with Gasteiger partial charge in [-0.2, -0.15) is 0 Å². The van der Waals surface area contributed by atoms with E-state index in [9.17, 15) is 14.7 Å². The van der Waals surface area contributed by atoms with Gasteiger partial charge in [0, 0.05) is 0 Å². The molecule has 5 nitrogen and oxygen atoms in total. The first-order chi connectivity index (χ1) is 6.69. The minimum atomic E-state index is -0.613. The monoisotopic (exact) mass is 199 g/mol. The number of aliphatic hydroxyl groups is 1. The molecule has 1 aliphatic carbocycles. The quantitative estimate of drug-likeness (QED) is 0.596. The maximum Gasteiger partial charge on any atom is 0.255 e. The van der Waals surface area contributed by atoms with Crippen molar-refractivity contribution in [1.29, 1.82) is 0 Å². The van der Waals surface area contributed by atoms with E-state index in [1.54, 1.807) is 0 Å². The molecule has 0 spiro atoms. The molecular weight excluding hydrogens is 186 g/mol. The second kappa shape index (κ2) is 3.33. The van der Waals surface area contributed by atoms with Crippen LogP contribution < -0.4 is 0 Å². The highest BCUT2D eigenvalue weighted by atomic mass is 16.5. The van der Waals surface area contributed by atoms with Gasteiger partial charge in [-0.3, -0.25) is 14.5 Å². The van der Waals surface area contributed by atoms with Gasteiger partial charge in [-0.1, -0.05) is 0 Å². The van der Waals surface area contributed by atoms with E-state index in [0.29, 0.717) is 12.8 Å². The molecule has 1 heterocycles. The van der Waals surface area contributed by atoms with Crippen LogP contribution in [0.1, 0.15) is 19.3 Å². The van der Waals surface area contributed by atoms with E-state index in [-0.39, 0.29) is 31.6 Å². The number of hydrogen-bond donors (Lipinski definition) is 1. The Balaban J connectivity index is 2.21. The summed E-state index contributed by atoms with van der Waals surface area (Å²) in [6.07, 6.45) is 2.38. The normalized spacial score (nSPS) is 26.2. The number of carbonyl (C=O) groups excluding carboxylic acids is 2. The van der Waals surface area contributed by atoms with Crippen LogP contribution in [0.15, 0.2) is 0 Å². The molecule has 0 aromatic rings. The maximum absolute atomic E-state index is 11.5. The number of imide groups is 1. The number of ether oxygens (including phenoxy) is 1. The lowest BCUT2D eigenvalue weighted by Crippen LogP contribution is -2.64. The molecule has 1 aliphatic heterocycles. The summed E-state index contributed by atoms with van der Waals surface area (Å²) in [4.78, 5) is 24.2. The second-order valence-corrected chi connectivity index (χ2v) is 3.85. The number of amides is 2. The van der Waals surface area contributed by atoms with Crippen molar-refractivity contribution in [3.8, 4) is 0 Å². The molecule has 0 bridgehead atoms. The van der Waals surface area contributed by atoms with Crippen molar-refractivity contribution in [2.24, 2.45) is 0 Å². The first-order valence-corrected chi connectivity index (χ1v) is 4.74. The summed E-state index contributed by atoms with van der Waals surface area (Å²) < 4.78 is 4.81. The summed E-state index contributed by atoms with van der Waals surface area (Å²) in [5.74, 6) is -0.648. The third-order valence-corrected chi connectivity index (χ3v) is 3.00. The summed E-state index contributed by atoms with van der Waals surface area (Å²) in [5, 5.41) is 9.24. The molecule has 0 unspecified atom stereocenters. The van der Waals surface area contributed by atoms with Gasteiger partial charge in [-0.25, -0.2) is 0 Å². The Morgan fingerprint density at radius 1 is 1.29 bits per heavy atom. The smallest absolute Gasteiger partial charge is 0.255 e. The average Bonchev–Trinajstić information content (AvgIpc) is 2.08. The van der Waals surface area contributed by atoms with Gasteiger partial charge in [-0.05, 0) is 19.3 Å². The van der Waals surface area contributed by atoms with Gasteiger partial charge < -0.3 is 9.84 Å². The van der Waals surface area contributed by atoms with E-state index in [4.69, 9.17) is 4.74 Å². The van der Waals surface area contributed by atoms with Crippen molar-refractivity contribution in [3.05, 3.63) is 0 Å². The van der Waals surface area contributed by atoms with Crippen molar-refractivity contribution in [1.82, 2.24) is 4.90 Å². The van der Waals surface area contributed by atoms with Gasteiger partial charge in [0.1, 0.15) is 13.2 Å². The highest BCUT2D eigenvalue weighted by molar-refractivity contribution is 5.99. The van der Waals surface area contributed by atoms with Crippen molar-refractivity contribution in [3.63, 3.8) is 0 Å². The molecule has 2 fully saturated rings. The topological polar surface area (TPSA) is 66.8 Å². The molecule has 2 amide bonds. The molecule has 0 radical (unpaired) electrons. The Morgan fingerprint density at radius 3 is 2.21 bits per heavy atom. The molecule has 0 aromatic carbocycles. The predicted octanol–water partition coefficient (Wildman–Crippen LogP) is -0.713. The lowest BCUT2D eigenvalue weighted by atomic mass is 9.75. The highest BCUT2D eigenvalue weighted by Crippen LogP contribution is 2.38. The fourth-order valence-corrected chi connectivity index (χ4v) is 2.06. The van der Waals surface area contributed by atoms with Gasteiger partial charge in [-0.15, -0.1) is 0 Å². The molecule has 1 saturated heterocycles. The van der Waals surface area contributed by atoms with Crippen molar-refractivity contribution >= 4 is 11.8 Å². The van der Waals surface area contributed by atoms with E-state index in [1.807, 2.05) is 0 Å². The van der Waals surface area contributed by atoms with E-state index in [0.717, 1.165) is 6.42 Å². The lowest BCUT2D eigenvalue weighted by molar-refractivity contribution is -0.173. The summed E-state index contributed by atoms with van der Waals surface area (Å²) in [6.45, 7) is -0.231. The molecule has 0 atom stereocenters. The number of hydrogen-bond acceptors (Lipinski definition) is 4. The van der Waals surface area contributed by atoms with Gasteiger partial charge in [0.05, 0.1) is 12.1 Å². The van der Waals surface area contributed by atoms with Crippen LogP contribution in [0.2, 0.25) is 0 Å². The molecule has 1 N–H and O–H groups in total. The second-order valence-electron chi connectivity index (χ2n) is 3.85. The number of aliphatic hydroxyl groups excluding tert-OH is 1. The zero-order valence-corrected chi connectivity index (χ0v) is 7.86. The summed E-state index contributed by atoms with van der Waals surface area (Å²) in [7, 11) is 0. The zero-order valence-electron chi connectivity index (χ0n) is 7.86. The van der Waals surface area contributed by atoms with Crippen molar-refractivity contribution in [2.75, 3.05) is 19.8 Å². The molecule has 2 rings (SSSR count). The Hall–Kier alpha value is -0.940. The van der Waals surface area contributed by atoms with Gasteiger partial charge in [0.15, 0.2) is 0 Å². The van der Waals surface area contributed by atoms with Gasteiger partial charge in [0.25, 0.3) is 11.8 Å². The van der Waals surface area contributed by atoms with Crippen LogP contribution in [0.25, 0.3) is 0 Å². The van der Waals surface area contributed by atoms with Crippen LogP contribution in [0.5, 0.6) is 0 Å². The lowest BCUT2D eigenvalue weighted by Gasteiger charge is -2.48. The highest BCUT2D eigenvalue weighted by Gasteiger charge is 2.48. The third-order valence-electron chi connectivity index (χ3n) is 3.00. The van der Waals surface area contributed by atoms with E-state index >= 15 is 0 Å². The first-order valence-electron chi connectivity index (χ1n) is 4.74. The van der Waals surface area contributed by atoms with E-state index in [1.165, 1.54) is 4.90 Å². The Morgan fingerprint density at radius 2 is 1.86 bits per heavy atom. The molecule has 78 valence electrons. The van der Waals surface area contributed by atoms with Crippen LogP contribution >= 0.6 is 0 Å². The number of nitrogens with zero attached hydrogens (tertiary/aromatic N) is 1. The third kappa shape index (κ3) is 1.24. The maximum atomic E-state index is 11.5. The first kappa shape index (κ1) is 9.61. The molecule has 0 aromatic heterocycles. The molecule has 14 heavy (non-hydrogen) atoms. The average molecular weight is 199 g/mol. The molecule has 1 saturated carbocycles. The van der Waals surface area contributed by atoms with Crippen molar-refractivity contribution in [2.45, 2.75) is 24.8 Å². The van der Waals surface area contributed by atoms with Gasteiger partial charge in [0.2, 0.25) is 0 Å². The van der Waals surface area contributed by atoms with Crippen molar-refractivity contribution < 1.29 is 19.4 Å². The predicted molar refractivity (Wildman–Crippen MR) is 46.3 cm³/mol. The van der Waals surface area contributed by atoms with Crippen LogP contribution in [0.4, 0.5) is 0 Å². The summed E-state index contributed by atoms with van der Waals surface area (Å²) >= 11 is 0. The number of carbonyl (C=O) groups is 2. The Labute approximate surface area is 81.6 Å². The molecule has 2 aliphatic rings. The van der Waals surface area contributed by atoms with E-state index in [2.05, 4.69) is 0 Å². The molecular formula is C9H13NO4. The molecule has 5 heteroatoms. The van der Waals surface area contributed by atoms with Crippen LogP contribution in [0, 0.1) is 0 Å². The summed E-state index contributed by atoms with van der Waals surface area (Å²) in [5.41, 5.74) is -0.613.